The zero-order valence-electron chi connectivity index (χ0n) is 13.5. The van der Waals surface area contributed by atoms with Gasteiger partial charge in [0.15, 0.2) is 0 Å². The highest BCUT2D eigenvalue weighted by Gasteiger charge is 2.25. The molecule has 23 heavy (non-hydrogen) atoms. The maximum Gasteiger partial charge on any atom is 0.262 e. The van der Waals surface area contributed by atoms with Crippen LogP contribution in [0.2, 0.25) is 0 Å². The van der Waals surface area contributed by atoms with Crippen LogP contribution >= 0.6 is 11.3 Å². The number of hydrogen-bond acceptors (Lipinski definition) is 4. The number of imidazole rings is 1. The van der Waals surface area contributed by atoms with Crippen molar-refractivity contribution in [2.45, 2.75) is 39.4 Å². The molecule has 0 bridgehead atoms. The van der Waals surface area contributed by atoms with E-state index in [4.69, 9.17) is 0 Å². The van der Waals surface area contributed by atoms with Gasteiger partial charge in [-0.05, 0) is 24.3 Å². The number of nitrogens with one attached hydrogen (secondary N) is 2. The average Bonchev–Trinajstić information content (AvgIpc) is 3.16. The second kappa shape index (κ2) is 7.92. The first-order chi connectivity index (χ1) is 11.0. The van der Waals surface area contributed by atoms with Crippen molar-refractivity contribution in [2.75, 3.05) is 0 Å². The zero-order chi connectivity index (χ0) is 16.8. The van der Waals surface area contributed by atoms with Gasteiger partial charge >= 0.3 is 0 Å². The van der Waals surface area contributed by atoms with Crippen molar-refractivity contribution in [3.8, 4) is 0 Å². The van der Waals surface area contributed by atoms with Gasteiger partial charge in [-0.25, -0.2) is 4.98 Å². The van der Waals surface area contributed by atoms with Crippen LogP contribution in [0.1, 0.15) is 30.4 Å². The van der Waals surface area contributed by atoms with E-state index in [1.165, 1.54) is 11.3 Å². The minimum atomic E-state index is -0.560. The molecule has 6 nitrogen and oxygen atoms in total. The standard InChI is InChI=1S/C16H22N4O2S/c1-11(2)14(19-15(21)13-5-4-8-23-13)16(22)18-12(3)9-20-7-6-17-10-20/h4-8,10-12,14H,9H2,1-3H3,(H,18,22)(H,19,21)/t12-,14-/m1/s1. The molecule has 7 heteroatoms. The summed E-state index contributed by atoms with van der Waals surface area (Å²) in [6.45, 7) is 6.39. The van der Waals surface area contributed by atoms with Crippen LogP contribution in [0.4, 0.5) is 0 Å². The lowest BCUT2D eigenvalue weighted by Crippen LogP contribution is -2.52. The number of hydrogen-bond donors (Lipinski definition) is 2. The predicted molar refractivity (Wildman–Crippen MR) is 90.2 cm³/mol. The first-order valence-electron chi connectivity index (χ1n) is 7.58. The van der Waals surface area contributed by atoms with Crippen molar-refractivity contribution in [3.63, 3.8) is 0 Å². The summed E-state index contributed by atoms with van der Waals surface area (Å²) >= 11 is 1.36. The van der Waals surface area contributed by atoms with E-state index in [1.807, 2.05) is 43.0 Å². The number of amides is 2. The Morgan fingerprint density at radius 2 is 2.09 bits per heavy atom. The van der Waals surface area contributed by atoms with E-state index in [0.29, 0.717) is 11.4 Å². The highest BCUT2D eigenvalue weighted by molar-refractivity contribution is 7.12. The Balaban J connectivity index is 1.94. The van der Waals surface area contributed by atoms with E-state index in [-0.39, 0.29) is 23.8 Å². The van der Waals surface area contributed by atoms with Crippen LogP contribution in [-0.2, 0) is 11.3 Å². The Morgan fingerprint density at radius 3 is 2.65 bits per heavy atom. The molecular formula is C16H22N4O2S. The molecule has 0 aromatic carbocycles. The Labute approximate surface area is 139 Å². The van der Waals surface area contributed by atoms with Gasteiger partial charge in [-0.15, -0.1) is 11.3 Å². The molecule has 0 aliphatic rings. The topological polar surface area (TPSA) is 76.0 Å². The van der Waals surface area contributed by atoms with E-state index in [2.05, 4.69) is 15.6 Å². The molecule has 0 aliphatic carbocycles. The van der Waals surface area contributed by atoms with Crippen molar-refractivity contribution in [3.05, 3.63) is 41.1 Å². The van der Waals surface area contributed by atoms with Gasteiger partial charge < -0.3 is 15.2 Å². The average molecular weight is 334 g/mol. The van der Waals surface area contributed by atoms with Crippen molar-refractivity contribution in [2.24, 2.45) is 5.92 Å². The lowest BCUT2D eigenvalue weighted by atomic mass is 10.0. The molecule has 2 N–H and O–H groups in total. The molecule has 0 unspecified atom stereocenters. The molecule has 2 rings (SSSR count). The third-order valence-electron chi connectivity index (χ3n) is 3.41. The molecule has 2 amide bonds. The Kier molecular flexibility index (Phi) is 5.92. The number of carbonyl (C=O) groups excluding carboxylic acids is 2. The van der Waals surface area contributed by atoms with Crippen LogP contribution < -0.4 is 10.6 Å². The highest BCUT2D eigenvalue weighted by Crippen LogP contribution is 2.10. The summed E-state index contributed by atoms with van der Waals surface area (Å²) in [7, 11) is 0. The van der Waals surface area contributed by atoms with Gasteiger partial charge in [0.1, 0.15) is 6.04 Å². The minimum Gasteiger partial charge on any atom is -0.350 e. The van der Waals surface area contributed by atoms with E-state index in [0.717, 1.165) is 0 Å². The molecule has 2 aromatic rings. The molecule has 0 saturated carbocycles. The van der Waals surface area contributed by atoms with Gasteiger partial charge in [0, 0.05) is 25.0 Å². The summed E-state index contributed by atoms with van der Waals surface area (Å²) in [6, 6.07) is 2.94. The van der Waals surface area contributed by atoms with Gasteiger partial charge in [-0.3, -0.25) is 9.59 Å². The largest absolute Gasteiger partial charge is 0.350 e. The minimum absolute atomic E-state index is 0.000595. The maximum absolute atomic E-state index is 12.5. The first kappa shape index (κ1) is 17.2. The molecule has 0 fully saturated rings. The van der Waals surface area contributed by atoms with Crippen LogP contribution in [0.5, 0.6) is 0 Å². The van der Waals surface area contributed by atoms with Crippen LogP contribution in [0, 0.1) is 5.92 Å². The third-order valence-corrected chi connectivity index (χ3v) is 4.28. The van der Waals surface area contributed by atoms with Crippen LogP contribution in [0.3, 0.4) is 0 Å². The maximum atomic E-state index is 12.5. The lowest BCUT2D eigenvalue weighted by Gasteiger charge is -2.24. The number of nitrogens with zero attached hydrogens (tertiary/aromatic N) is 2. The van der Waals surface area contributed by atoms with E-state index >= 15 is 0 Å². The number of thiophene rings is 1. The van der Waals surface area contributed by atoms with Crippen molar-refractivity contribution < 1.29 is 9.59 Å². The Hall–Kier alpha value is -2.15. The van der Waals surface area contributed by atoms with Gasteiger partial charge in [-0.1, -0.05) is 19.9 Å². The van der Waals surface area contributed by atoms with Gasteiger partial charge in [-0.2, -0.15) is 0 Å². The predicted octanol–water partition coefficient (Wildman–Crippen LogP) is 1.90. The van der Waals surface area contributed by atoms with Crippen molar-refractivity contribution in [1.29, 1.82) is 0 Å². The Bertz CT molecular complexity index is 623. The smallest absolute Gasteiger partial charge is 0.262 e. The summed E-state index contributed by atoms with van der Waals surface area (Å²) in [4.78, 5) is 29.2. The molecule has 124 valence electrons. The molecule has 0 aliphatic heterocycles. The number of carbonyl (C=O) groups is 2. The Morgan fingerprint density at radius 1 is 1.30 bits per heavy atom. The molecule has 2 heterocycles. The molecular weight excluding hydrogens is 312 g/mol. The number of aromatic nitrogens is 2. The fourth-order valence-corrected chi connectivity index (χ4v) is 2.87. The first-order valence-corrected chi connectivity index (χ1v) is 8.46. The molecule has 0 radical (unpaired) electrons. The summed E-state index contributed by atoms with van der Waals surface area (Å²) in [6.07, 6.45) is 5.26. The third kappa shape index (κ3) is 4.92. The monoisotopic (exact) mass is 334 g/mol. The molecule has 2 aromatic heterocycles. The van der Waals surface area contributed by atoms with Crippen LogP contribution in [0.15, 0.2) is 36.2 Å². The van der Waals surface area contributed by atoms with Crippen LogP contribution in [0.25, 0.3) is 0 Å². The fourth-order valence-electron chi connectivity index (χ4n) is 2.24. The summed E-state index contributed by atoms with van der Waals surface area (Å²) in [5.74, 6) is -0.381. The second-order valence-corrected chi connectivity index (χ2v) is 6.79. The van der Waals surface area contributed by atoms with E-state index < -0.39 is 6.04 Å². The van der Waals surface area contributed by atoms with E-state index in [9.17, 15) is 9.59 Å². The van der Waals surface area contributed by atoms with Gasteiger partial charge in [0.25, 0.3) is 5.91 Å². The van der Waals surface area contributed by atoms with Gasteiger partial charge in [0.2, 0.25) is 5.91 Å². The second-order valence-electron chi connectivity index (χ2n) is 5.84. The highest BCUT2D eigenvalue weighted by atomic mass is 32.1. The summed E-state index contributed by atoms with van der Waals surface area (Å²) < 4.78 is 1.90. The number of rotatable bonds is 7. The molecule has 0 spiro atoms. The van der Waals surface area contributed by atoms with E-state index in [1.54, 1.807) is 18.6 Å². The SMILES string of the molecule is CC(C)[C@@H](NC(=O)c1cccs1)C(=O)N[C@H](C)Cn1ccnc1. The normalized spacial score (nSPS) is 13.6. The van der Waals surface area contributed by atoms with Gasteiger partial charge in [0.05, 0.1) is 11.2 Å². The summed E-state index contributed by atoms with van der Waals surface area (Å²) in [5, 5.41) is 7.61. The molecule has 0 saturated heterocycles. The zero-order valence-corrected chi connectivity index (χ0v) is 14.3. The quantitative estimate of drug-likeness (QED) is 0.812. The van der Waals surface area contributed by atoms with Crippen LogP contribution in [-0.4, -0.2) is 33.4 Å². The fraction of sp³-hybridized carbons (Fsp3) is 0.438. The van der Waals surface area contributed by atoms with Crippen molar-refractivity contribution in [1.82, 2.24) is 20.2 Å². The van der Waals surface area contributed by atoms with Crippen molar-refractivity contribution >= 4 is 23.2 Å². The molecule has 2 atom stereocenters. The summed E-state index contributed by atoms with van der Waals surface area (Å²) in [5.41, 5.74) is 0. The lowest BCUT2D eigenvalue weighted by molar-refractivity contribution is -0.124.